The van der Waals surface area contributed by atoms with Crippen LogP contribution in [0.3, 0.4) is 0 Å². The van der Waals surface area contributed by atoms with Gasteiger partial charge in [-0.1, -0.05) is 30.3 Å². The van der Waals surface area contributed by atoms with Crippen LogP contribution in [0.5, 0.6) is 11.5 Å². The van der Waals surface area contributed by atoms with Gasteiger partial charge in [-0.25, -0.2) is 9.50 Å². The zero-order valence-corrected chi connectivity index (χ0v) is 21.2. The van der Waals surface area contributed by atoms with Gasteiger partial charge in [0, 0.05) is 30.8 Å². The van der Waals surface area contributed by atoms with E-state index in [4.69, 9.17) is 25.3 Å². The monoisotopic (exact) mass is 493 g/mol. The first-order chi connectivity index (χ1) is 18.1. The number of hydrogen-bond donors (Lipinski definition) is 1. The van der Waals surface area contributed by atoms with Crippen LogP contribution in [0, 0.1) is 0 Å². The van der Waals surface area contributed by atoms with E-state index >= 15 is 0 Å². The summed E-state index contributed by atoms with van der Waals surface area (Å²) in [6.07, 6.45) is 0.647. The third-order valence-electron chi connectivity index (χ3n) is 6.25. The first-order valence-corrected chi connectivity index (χ1v) is 12.3. The van der Waals surface area contributed by atoms with Gasteiger partial charge in [0.2, 0.25) is 0 Å². The Kier molecular flexibility index (Phi) is 7.33. The van der Waals surface area contributed by atoms with Crippen molar-refractivity contribution in [1.82, 2.24) is 19.5 Å². The Hall–Kier alpha value is -4.36. The van der Waals surface area contributed by atoms with Gasteiger partial charge in [-0.3, -0.25) is 4.90 Å². The van der Waals surface area contributed by atoms with Crippen molar-refractivity contribution in [2.75, 3.05) is 33.0 Å². The predicted molar refractivity (Wildman–Crippen MR) is 147 cm³/mol. The number of methoxy groups -OCH3 is 1. The largest absolute Gasteiger partial charge is 0.497 e. The fraction of sp³-hybridized carbons (Fsp3) is 0.200. The van der Waals surface area contributed by atoms with Crippen LogP contribution >= 0.6 is 0 Å². The number of benzene rings is 3. The summed E-state index contributed by atoms with van der Waals surface area (Å²) in [6.45, 7) is 2.30. The van der Waals surface area contributed by atoms with Crippen LogP contribution in [0.2, 0.25) is 0 Å². The quantitative estimate of drug-likeness (QED) is 0.273. The standard InChI is InChI=1S/C30H31N5O2/c1-34(21-23-6-12-25(31)13-7-23)18-19-37-27-14-8-22(9-15-27)20-29-32-30-5-3-4-28(35(30)33-29)24-10-16-26(36-2)17-11-24/h3-17H,18-21,31H2,1-2H3. The van der Waals surface area contributed by atoms with Gasteiger partial charge in [0.25, 0.3) is 0 Å². The van der Waals surface area contributed by atoms with Crippen LogP contribution in [0.4, 0.5) is 5.69 Å². The average molecular weight is 494 g/mol. The number of rotatable bonds is 10. The van der Waals surface area contributed by atoms with Crippen molar-refractivity contribution in [3.63, 3.8) is 0 Å². The van der Waals surface area contributed by atoms with Gasteiger partial charge in [0.15, 0.2) is 11.5 Å². The molecule has 188 valence electrons. The SMILES string of the molecule is COc1ccc(-c2cccc3nc(Cc4ccc(OCCN(C)Cc5ccc(N)cc5)cc4)nn23)cc1. The molecular weight excluding hydrogens is 462 g/mol. The lowest BCUT2D eigenvalue weighted by molar-refractivity contribution is 0.233. The van der Waals surface area contributed by atoms with Gasteiger partial charge in [0.05, 0.1) is 12.8 Å². The van der Waals surface area contributed by atoms with Gasteiger partial charge in [-0.15, -0.1) is 0 Å². The highest BCUT2D eigenvalue weighted by Crippen LogP contribution is 2.23. The molecular formula is C30H31N5O2. The highest BCUT2D eigenvalue weighted by molar-refractivity contribution is 5.63. The normalized spacial score (nSPS) is 11.2. The van der Waals surface area contributed by atoms with Crippen molar-refractivity contribution < 1.29 is 9.47 Å². The molecule has 0 saturated heterocycles. The molecule has 0 amide bonds. The summed E-state index contributed by atoms with van der Waals surface area (Å²) < 4.78 is 13.1. The maximum absolute atomic E-state index is 5.96. The molecule has 2 N–H and O–H groups in total. The van der Waals surface area contributed by atoms with Crippen LogP contribution in [-0.4, -0.2) is 46.8 Å². The van der Waals surface area contributed by atoms with E-state index in [1.54, 1.807) is 7.11 Å². The smallest absolute Gasteiger partial charge is 0.156 e. The average Bonchev–Trinajstić information content (AvgIpc) is 3.34. The zero-order chi connectivity index (χ0) is 25.6. The summed E-state index contributed by atoms with van der Waals surface area (Å²) in [7, 11) is 3.76. The minimum absolute atomic E-state index is 0.618. The first kappa shape index (κ1) is 24.3. The Bertz CT molecular complexity index is 1440. The maximum Gasteiger partial charge on any atom is 0.156 e. The highest BCUT2D eigenvalue weighted by atomic mass is 16.5. The number of pyridine rings is 1. The Balaban J connectivity index is 1.18. The van der Waals surface area contributed by atoms with Crippen LogP contribution in [0.15, 0.2) is 91.0 Å². The van der Waals surface area contributed by atoms with Crippen LogP contribution in [-0.2, 0) is 13.0 Å². The van der Waals surface area contributed by atoms with Gasteiger partial charge < -0.3 is 15.2 Å². The summed E-state index contributed by atoms with van der Waals surface area (Å²) in [4.78, 5) is 6.97. The molecule has 7 nitrogen and oxygen atoms in total. The second-order valence-electron chi connectivity index (χ2n) is 9.09. The number of nitrogens with two attached hydrogens (primary N) is 1. The molecule has 0 fully saturated rings. The molecule has 0 aliphatic heterocycles. The second-order valence-corrected chi connectivity index (χ2v) is 9.09. The molecule has 2 heterocycles. The fourth-order valence-electron chi connectivity index (χ4n) is 4.22. The molecule has 0 bridgehead atoms. The molecule has 0 aliphatic rings. The number of aromatic nitrogens is 3. The Morgan fingerprint density at radius 1 is 0.838 bits per heavy atom. The minimum Gasteiger partial charge on any atom is -0.497 e. The number of fused-ring (bicyclic) bond motifs is 1. The van der Waals surface area contributed by atoms with Crippen molar-refractivity contribution >= 4 is 11.3 Å². The number of nitrogens with zero attached hydrogens (tertiary/aromatic N) is 4. The molecule has 2 aromatic heterocycles. The second kappa shape index (κ2) is 11.1. The van der Waals surface area contributed by atoms with Crippen molar-refractivity contribution in [2.24, 2.45) is 0 Å². The van der Waals surface area contributed by atoms with Gasteiger partial charge in [0.1, 0.15) is 18.1 Å². The molecule has 0 aliphatic carbocycles. The molecule has 7 heteroatoms. The number of ether oxygens (including phenoxy) is 2. The third-order valence-corrected chi connectivity index (χ3v) is 6.25. The van der Waals surface area contributed by atoms with E-state index < -0.39 is 0 Å². The van der Waals surface area contributed by atoms with E-state index in [1.807, 2.05) is 71.2 Å². The number of hydrogen-bond acceptors (Lipinski definition) is 6. The minimum atomic E-state index is 0.618. The number of nitrogen functional groups attached to an aromatic ring is 1. The molecule has 0 saturated carbocycles. The number of anilines is 1. The van der Waals surface area contributed by atoms with Crippen molar-refractivity contribution in [2.45, 2.75) is 13.0 Å². The summed E-state index contributed by atoms with van der Waals surface area (Å²) in [6, 6.07) is 30.1. The fourth-order valence-corrected chi connectivity index (χ4v) is 4.22. The summed E-state index contributed by atoms with van der Waals surface area (Å²) in [5.74, 6) is 2.46. The summed E-state index contributed by atoms with van der Waals surface area (Å²) in [5.41, 5.74) is 11.8. The molecule has 3 aromatic carbocycles. The predicted octanol–water partition coefficient (Wildman–Crippen LogP) is 5.09. The Labute approximate surface area is 217 Å². The zero-order valence-electron chi connectivity index (χ0n) is 21.2. The molecule has 0 atom stereocenters. The van der Waals surface area contributed by atoms with Gasteiger partial charge in [-0.2, -0.15) is 5.10 Å². The third kappa shape index (κ3) is 6.08. The van der Waals surface area contributed by atoms with Crippen LogP contribution in [0.1, 0.15) is 17.0 Å². The number of likely N-dealkylation sites (N-methyl/N-ethyl adjacent to an activating group) is 1. The van der Waals surface area contributed by atoms with E-state index in [0.717, 1.165) is 58.6 Å². The van der Waals surface area contributed by atoms with Crippen LogP contribution in [0.25, 0.3) is 16.9 Å². The molecule has 0 unspecified atom stereocenters. The maximum atomic E-state index is 5.96. The molecule has 5 aromatic rings. The lowest BCUT2D eigenvalue weighted by Gasteiger charge is -2.17. The van der Waals surface area contributed by atoms with E-state index in [-0.39, 0.29) is 0 Å². The molecule has 0 spiro atoms. The molecule has 5 rings (SSSR count). The molecule has 0 radical (unpaired) electrons. The Morgan fingerprint density at radius 2 is 1.54 bits per heavy atom. The van der Waals surface area contributed by atoms with Gasteiger partial charge in [-0.05, 0) is 78.8 Å². The molecule has 37 heavy (non-hydrogen) atoms. The lowest BCUT2D eigenvalue weighted by atomic mass is 10.1. The summed E-state index contributed by atoms with van der Waals surface area (Å²) in [5, 5.41) is 4.79. The first-order valence-electron chi connectivity index (χ1n) is 12.3. The van der Waals surface area contributed by atoms with E-state index in [9.17, 15) is 0 Å². The van der Waals surface area contributed by atoms with Crippen LogP contribution < -0.4 is 15.2 Å². The summed E-state index contributed by atoms with van der Waals surface area (Å²) >= 11 is 0. The van der Waals surface area contributed by atoms with E-state index in [1.165, 1.54) is 5.56 Å². The van der Waals surface area contributed by atoms with E-state index in [0.29, 0.717) is 13.0 Å². The highest BCUT2D eigenvalue weighted by Gasteiger charge is 2.10. The Morgan fingerprint density at radius 3 is 2.27 bits per heavy atom. The van der Waals surface area contributed by atoms with E-state index in [2.05, 4.69) is 36.2 Å². The lowest BCUT2D eigenvalue weighted by Crippen LogP contribution is -2.23. The van der Waals surface area contributed by atoms with Crippen molar-refractivity contribution in [3.8, 4) is 22.8 Å². The van der Waals surface area contributed by atoms with Gasteiger partial charge >= 0.3 is 0 Å². The van der Waals surface area contributed by atoms with Crippen molar-refractivity contribution in [3.05, 3.63) is 108 Å². The van der Waals surface area contributed by atoms with Crippen molar-refractivity contribution in [1.29, 1.82) is 0 Å². The topological polar surface area (TPSA) is 77.9 Å².